The molecule has 3 rings (SSSR count). The third-order valence-corrected chi connectivity index (χ3v) is 5.46. The summed E-state index contributed by atoms with van der Waals surface area (Å²) in [4.78, 5) is 2.50. The predicted octanol–water partition coefficient (Wildman–Crippen LogP) is 5.30. The maximum absolute atomic E-state index is 5.49. The van der Waals surface area contributed by atoms with Gasteiger partial charge in [-0.25, -0.2) is 0 Å². The van der Waals surface area contributed by atoms with E-state index >= 15 is 0 Å². The van der Waals surface area contributed by atoms with Gasteiger partial charge in [-0.05, 0) is 55.3 Å². The number of benzene rings is 2. The fraction of sp³-hybridized carbons (Fsp3) is 0.368. The molecule has 128 valence electrons. The zero-order valence-electron chi connectivity index (χ0n) is 13.8. The van der Waals surface area contributed by atoms with Gasteiger partial charge in [0.2, 0.25) is 0 Å². The van der Waals surface area contributed by atoms with Gasteiger partial charge in [-0.15, -0.1) is 0 Å². The molecule has 0 aliphatic carbocycles. The monoisotopic (exact) mass is 452 g/mol. The Morgan fingerprint density at radius 1 is 1.04 bits per heavy atom. The highest BCUT2D eigenvalue weighted by Gasteiger charge is 2.20. The zero-order valence-corrected chi connectivity index (χ0v) is 16.9. The van der Waals surface area contributed by atoms with Crippen LogP contribution in [-0.2, 0) is 6.54 Å². The maximum atomic E-state index is 5.49. The summed E-state index contributed by atoms with van der Waals surface area (Å²) in [6, 6.07) is 15.2. The van der Waals surface area contributed by atoms with Crippen LogP contribution in [0.15, 0.2) is 51.4 Å². The lowest BCUT2D eigenvalue weighted by atomic mass is 10.0. The van der Waals surface area contributed by atoms with Crippen LogP contribution in [0.2, 0.25) is 0 Å². The average Bonchev–Trinajstić information content (AvgIpc) is 2.59. The minimum Gasteiger partial charge on any atom is -0.496 e. The summed E-state index contributed by atoms with van der Waals surface area (Å²) in [5.74, 6) is 0.966. The standard InChI is InChI=1S/C19H22Br2N2O/c1-24-19-7-4-16(21)12-14(19)13-23-10-8-18(9-11-23)22-17-5-2-15(20)3-6-17/h2-7,12,18,22H,8-11,13H2,1H3. The highest BCUT2D eigenvalue weighted by atomic mass is 79.9. The Morgan fingerprint density at radius 3 is 2.38 bits per heavy atom. The summed E-state index contributed by atoms with van der Waals surface area (Å²) in [5, 5.41) is 3.64. The van der Waals surface area contributed by atoms with Crippen molar-refractivity contribution in [3.8, 4) is 5.75 Å². The Labute approximate surface area is 160 Å². The SMILES string of the molecule is COc1ccc(Br)cc1CN1CCC(Nc2ccc(Br)cc2)CC1. The Kier molecular flexibility index (Phi) is 6.19. The first-order valence-corrected chi connectivity index (χ1v) is 9.79. The molecule has 24 heavy (non-hydrogen) atoms. The highest BCUT2D eigenvalue weighted by Crippen LogP contribution is 2.26. The maximum Gasteiger partial charge on any atom is 0.123 e. The van der Waals surface area contributed by atoms with E-state index in [1.807, 2.05) is 12.1 Å². The molecule has 1 aliphatic heterocycles. The summed E-state index contributed by atoms with van der Waals surface area (Å²) in [6.45, 7) is 3.14. The molecule has 1 N–H and O–H groups in total. The van der Waals surface area contributed by atoms with Crippen LogP contribution >= 0.6 is 31.9 Å². The minimum absolute atomic E-state index is 0.548. The molecule has 0 atom stereocenters. The number of hydrogen-bond acceptors (Lipinski definition) is 3. The van der Waals surface area contributed by atoms with E-state index in [-0.39, 0.29) is 0 Å². The molecule has 3 nitrogen and oxygen atoms in total. The smallest absolute Gasteiger partial charge is 0.123 e. The van der Waals surface area contributed by atoms with Gasteiger partial charge in [0, 0.05) is 45.9 Å². The number of nitrogens with zero attached hydrogens (tertiary/aromatic N) is 1. The molecule has 0 spiro atoms. The van der Waals surface area contributed by atoms with E-state index in [9.17, 15) is 0 Å². The van der Waals surface area contributed by atoms with Gasteiger partial charge in [0.15, 0.2) is 0 Å². The van der Waals surface area contributed by atoms with Crippen LogP contribution in [0, 0.1) is 0 Å². The molecule has 0 saturated carbocycles. The van der Waals surface area contributed by atoms with Crippen molar-refractivity contribution in [2.24, 2.45) is 0 Å². The Hall–Kier alpha value is -1.04. The molecule has 1 fully saturated rings. The highest BCUT2D eigenvalue weighted by molar-refractivity contribution is 9.10. The number of nitrogens with one attached hydrogen (secondary N) is 1. The Balaban J connectivity index is 1.53. The quantitative estimate of drug-likeness (QED) is 0.664. The van der Waals surface area contributed by atoms with E-state index in [0.717, 1.165) is 47.2 Å². The van der Waals surface area contributed by atoms with Crippen LogP contribution in [0.4, 0.5) is 5.69 Å². The molecular formula is C19H22Br2N2O. The van der Waals surface area contributed by atoms with Crippen molar-refractivity contribution in [3.63, 3.8) is 0 Å². The van der Waals surface area contributed by atoms with Gasteiger partial charge in [-0.2, -0.15) is 0 Å². The van der Waals surface area contributed by atoms with Crippen LogP contribution in [0.3, 0.4) is 0 Å². The molecule has 1 heterocycles. The Bertz CT molecular complexity index is 668. The molecule has 0 bridgehead atoms. The van der Waals surface area contributed by atoms with Gasteiger partial charge >= 0.3 is 0 Å². The van der Waals surface area contributed by atoms with Gasteiger partial charge in [0.1, 0.15) is 5.75 Å². The van der Waals surface area contributed by atoms with Gasteiger partial charge in [-0.3, -0.25) is 4.90 Å². The van der Waals surface area contributed by atoms with Gasteiger partial charge in [0.05, 0.1) is 7.11 Å². The molecule has 1 saturated heterocycles. The van der Waals surface area contributed by atoms with Gasteiger partial charge in [0.25, 0.3) is 0 Å². The molecule has 0 amide bonds. The molecular weight excluding hydrogens is 432 g/mol. The van der Waals surface area contributed by atoms with Crippen LogP contribution in [0.1, 0.15) is 18.4 Å². The largest absolute Gasteiger partial charge is 0.496 e. The summed E-state index contributed by atoms with van der Waals surface area (Å²) in [7, 11) is 1.74. The number of methoxy groups -OCH3 is 1. The van der Waals surface area contributed by atoms with Crippen molar-refractivity contribution < 1.29 is 4.74 Å². The third kappa shape index (κ3) is 4.74. The van der Waals surface area contributed by atoms with E-state index in [1.54, 1.807) is 7.11 Å². The molecule has 0 radical (unpaired) electrons. The molecule has 2 aromatic rings. The van der Waals surface area contributed by atoms with E-state index < -0.39 is 0 Å². The van der Waals surface area contributed by atoms with Crippen molar-refractivity contribution in [1.82, 2.24) is 4.90 Å². The van der Waals surface area contributed by atoms with E-state index in [0.29, 0.717) is 6.04 Å². The van der Waals surface area contributed by atoms with E-state index in [1.165, 1.54) is 11.3 Å². The van der Waals surface area contributed by atoms with Crippen molar-refractivity contribution in [3.05, 3.63) is 57.0 Å². The number of likely N-dealkylation sites (tertiary alicyclic amines) is 1. The number of ether oxygens (including phenoxy) is 1. The molecule has 1 aliphatic rings. The first kappa shape index (κ1) is 17.8. The fourth-order valence-electron chi connectivity index (χ4n) is 3.13. The summed E-state index contributed by atoms with van der Waals surface area (Å²) < 4.78 is 7.71. The van der Waals surface area contributed by atoms with Crippen LogP contribution < -0.4 is 10.1 Å². The summed E-state index contributed by atoms with van der Waals surface area (Å²) in [6.07, 6.45) is 2.32. The Morgan fingerprint density at radius 2 is 1.71 bits per heavy atom. The number of anilines is 1. The first-order valence-electron chi connectivity index (χ1n) is 8.21. The number of halogens is 2. The minimum atomic E-state index is 0.548. The normalized spacial score (nSPS) is 16.1. The van der Waals surface area contributed by atoms with E-state index in [2.05, 4.69) is 72.4 Å². The fourth-order valence-corrected chi connectivity index (χ4v) is 3.80. The van der Waals surface area contributed by atoms with Gasteiger partial charge in [-0.1, -0.05) is 31.9 Å². The lowest BCUT2D eigenvalue weighted by molar-refractivity contribution is 0.209. The predicted molar refractivity (Wildman–Crippen MR) is 107 cm³/mol. The lowest BCUT2D eigenvalue weighted by Crippen LogP contribution is -2.38. The topological polar surface area (TPSA) is 24.5 Å². The second-order valence-electron chi connectivity index (χ2n) is 6.16. The van der Waals surface area contributed by atoms with Gasteiger partial charge < -0.3 is 10.1 Å². The number of hydrogen-bond donors (Lipinski definition) is 1. The second-order valence-corrected chi connectivity index (χ2v) is 7.99. The van der Waals surface area contributed by atoms with Crippen LogP contribution in [0.25, 0.3) is 0 Å². The van der Waals surface area contributed by atoms with Crippen molar-refractivity contribution >= 4 is 37.5 Å². The van der Waals surface area contributed by atoms with E-state index in [4.69, 9.17) is 4.74 Å². The zero-order chi connectivity index (χ0) is 16.9. The summed E-state index contributed by atoms with van der Waals surface area (Å²) in [5.41, 5.74) is 2.44. The molecule has 5 heteroatoms. The summed E-state index contributed by atoms with van der Waals surface area (Å²) >= 11 is 7.03. The van der Waals surface area contributed by atoms with Crippen molar-refractivity contribution in [1.29, 1.82) is 0 Å². The number of rotatable bonds is 5. The first-order chi connectivity index (χ1) is 11.6. The van der Waals surface area contributed by atoms with Crippen LogP contribution in [0.5, 0.6) is 5.75 Å². The van der Waals surface area contributed by atoms with Crippen molar-refractivity contribution in [2.75, 3.05) is 25.5 Å². The van der Waals surface area contributed by atoms with Crippen molar-refractivity contribution in [2.45, 2.75) is 25.4 Å². The molecule has 0 aromatic heterocycles. The molecule has 0 unspecified atom stereocenters. The van der Waals surface area contributed by atoms with Crippen LogP contribution in [-0.4, -0.2) is 31.1 Å². The molecule has 2 aromatic carbocycles. The number of piperidine rings is 1. The lowest BCUT2D eigenvalue weighted by Gasteiger charge is -2.33. The second kappa shape index (κ2) is 8.37. The average molecular weight is 454 g/mol. The third-order valence-electron chi connectivity index (χ3n) is 4.44.